The number of aryl methyl sites for hydroxylation is 2. The SMILES string of the molecule is Cc1ccc(NC(=O)Cn2c(=O)n(CCc3ccccc3)c(=O)c3sccc32)cc1F. The summed E-state index contributed by atoms with van der Waals surface area (Å²) in [5.74, 6) is -0.907. The van der Waals surface area contributed by atoms with Crippen molar-refractivity contribution in [3.05, 3.63) is 97.8 Å². The van der Waals surface area contributed by atoms with Gasteiger partial charge in [-0.15, -0.1) is 11.3 Å². The molecule has 4 rings (SSSR count). The molecule has 0 aliphatic heterocycles. The maximum Gasteiger partial charge on any atom is 0.332 e. The predicted octanol–water partition coefficient (Wildman–Crippen LogP) is 3.55. The van der Waals surface area contributed by atoms with Gasteiger partial charge in [0.05, 0.1) is 5.52 Å². The zero-order valence-corrected chi connectivity index (χ0v) is 17.6. The van der Waals surface area contributed by atoms with Crippen LogP contribution >= 0.6 is 11.3 Å². The summed E-state index contributed by atoms with van der Waals surface area (Å²) in [5, 5.41) is 4.33. The molecule has 8 heteroatoms. The van der Waals surface area contributed by atoms with Gasteiger partial charge in [-0.1, -0.05) is 36.4 Å². The highest BCUT2D eigenvalue weighted by Gasteiger charge is 2.16. The lowest BCUT2D eigenvalue weighted by Gasteiger charge is -2.13. The number of aromatic nitrogens is 2. The molecule has 4 aromatic rings. The average molecular weight is 437 g/mol. The van der Waals surface area contributed by atoms with Crippen molar-refractivity contribution in [2.45, 2.75) is 26.4 Å². The molecular formula is C23H20FN3O3S. The smallest absolute Gasteiger partial charge is 0.324 e. The molecule has 0 spiro atoms. The third-order valence-corrected chi connectivity index (χ3v) is 5.95. The number of anilines is 1. The van der Waals surface area contributed by atoms with Gasteiger partial charge in [0.25, 0.3) is 5.56 Å². The second kappa shape index (κ2) is 8.69. The van der Waals surface area contributed by atoms with Gasteiger partial charge in [-0.25, -0.2) is 9.18 Å². The average Bonchev–Trinajstić information content (AvgIpc) is 3.25. The first kappa shape index (κ1) is 20.7. The molecule has 0 radical (unpaired) electrons. The van der Waals surface area contributed by atoms with Crippen molar-refractivity contribution >= 4 is 33.1 Å². The van der Waals surface area contributed by atoms with Gasteiger partial charge in [-0.2, -0.15) is 0 Å². The fourth-order valence-corrected chi connectivity index (χ4v) is 4.23. The number of rotatable bonds is 6. The summed E-state index contributed by atoms with van der Waals surface area (Å²) in [5.41, 5.74) is 1.30. The Morgan fingerprint density at radius 3 is 2.58 bits per heavy atom. The van der Waals surface area contributed by atoms with E-state index in [0.29, 0.717) is 27.9 Å². The van der Waals surface area contributed by atoms with Gasteiger partial charge < -0.3 is 5.32 Å². The lowest BCUT2D eigenvalue weighted by atomic mass is 10.1. The number of carbonyl (C=O) groups is 1. The Morgan fingerprint density at radius 2 is 1.84 bits per heavy atom. The normalized spacial score (nSPS) is 11.0. The van der Waals surface area contributed by atoms with Crippen molar-refractivity contribution in [2.24, 2.45) is 0 Å². The van der Waals surface area contributed by atoms with Gasteiger partial charge in [0.15, 0.2) is 0 Å². The molecule has 0 bridgehead atoms. The quantitative estimate of drug-likeness (QED) is 0.501. The topological polar surface area (TPSA) is 73.1 Å². The van der Waals surface area contributed by atoms with Crippen LogP contribution in [0.5, 0.6) is 0 Å². The van der Waals surface area contributed by atoms with Crippen LogP contribution in [0, 0.1) is 12.7 Å². The second-order valence-corrected chi connectivity index (χ2v) is 8.12. The Balaban J connectivity index is 1.64. The van der Waals surface area contributed by atoms with E-state index in [2.05, 4.69) is 5.32 Å². The summed E-state index contributed by atoms with van der Waals surface area (Å²) >= 11 is 1.23. The maximum atomic E-state index is 13.8. The van der Waals surface area contributed by atoms with E-state index in [1.54, 1.807) is 30.5 Å². The summed E-state index contributed by atoms with van der Waals surface area (Å²) in [6, 6.07) is 15.6. The molecule has 0 saturated heterocycles. The van der Waals surface area contributed by atoms with Gasteiger partial charge >= 0.3 is 5.69 Å². The molecule has 0 aliphatic rings. The number of fused-ring (bicyclic) bond motifs is 1. The molecular weight excluding hydrogens is 417 g/mol. The highest BCUT2D eigenvalue weighted by Crippen LogP contribution is 2.17. The number of benzene rings is 2. The number of hydrogen-bond donors (Lipinski definition) is 1. The molecule has 0 fully saturated rings. The molecule has 0 unspecified atom stereocenters. The monoisotopic (exact) mass is 437 g/mol. The fraction of sp³-hybridized carbons (Fsp3) is 0.174. The van der Waals surface area contributed by atoms with Crippen molar-refractivity contribution in [2.75, 3.05) is 5.32 Å². The Hall–Kier alpha value is -3.52. The van der Waals surface area contributed by atoms with Crippen molar-refractivity contribution in [1.29, 1.82) is 0 Å². The number of thiophene rings is 1. The molecule has 0 atom stereocenters. The Kier molecular flexibility index (Phi) is 5.81. The van der Waals surface area contributed by atoms with Crippen LogP contribution in [-0.2, 0) is 24.3 Å². The van der Waals surface area contributed by atoms with Crippen LogP contribution in [0.2, 0.25) is 0 Å². The zero-order chi connectivity index (χ0) is 22.0. The van der Waals surface area contributed by atoms with Crippen LogP contribution in [0.1, 0.15) is 11.1 Å². The van der Waals surface area contributed by atoms with E-state index in [9.17, 15) is 18.8 Å². The molecule has 1 amide bonds. The van der Waals surface area contributed by atoms with Gasteiger partial charge in [0.1, 0.15) is 17.1 Å². The van der Waals surface area contributed by atoms with Crippen LogP contribution in [-0.4, -0.2) is 15.0 Å². The van der Waals surface area contributed by atoms with Crippen LogP contribution < -0.4 is 16.6 Å². The third-order valence-electron chi connectivity index (χ3n) is 5.06. The fourth-order valence-electron chi connectivity index (χ4n) is 3.38. The van der Waals surface area contributed by atoms with Gasteiger partial charge in [0.2, 0.25) is 5.91 Å². The lowest BCUT2D eigenvalue weighted by Crippen LogP contribution is -2.41. The minimum atomic E-state index is -0.544. The van der Waals surface area contributed by atoms with Gasteiger partial charge in [-0.3, -0.25) is 18.7 Å². The highest BCUT2D eigenvalue weighted by atomic mass is 32.1. The standard InChI is InChI=1S/C23H20FN3O3S/c1-15-7-8-17(13-18(15)24)25-20(28)14-27-19-10-12-31-21(19)22(29)26(23(27)30)11-9-16-5-3-2-4-6-16/h2-8,10,12-13H,9,11,14H2,1H3,(H,25,28). The molecule has 0 aliphatic carbocycles. The van der Waals surface area contributed by atoms with E-state index in [1.807, 2.05) is 30.3 Å². The van der Waals surface area contributed by atoms with Crippen LogP contribution in [0.25, 0.3) is 10.2 Å². The number of nitrogens with one attached hydrogen (secondary N) is 1. The summed E-state index contributed by atoms with van der Waals surface area (Å²) in [6.45, 7) is 1.56. The maximum absolute atomic E-state index is 13.8. The van der Waals surface area contributed by atoms with E-state index >= 15 is 0 Å². The molecule has 158 valence electrons. The molecule has 1 N–H and O–H groups in total. The Labute approximate surface area is 181 Å². The summed E-state index contributed by atoms with van der Waals surface area (Å²) in [4.78, 5) is 38.5. The van der Waals surface area contributed by atoms with E-state index in [1.165, 1.54) is 26.5 Å². The first-order valence-corrected chi connectivity index (χ1v) is 10.6. The molecule has 0 saturated carbocycles. The minimum absolute atomic E-state index is 0.209. The van der Waals surface area contributed by atoms with Gasteiger partial charge in [-0.05, 0) is 48.1 Å². The number of carbonyl (C=O) groups excluding carboxylic acids is 1. The largest absolute Gasteiger partial charge is 0.332 e. The number of halogens is 1. The molecule has 2 aromatic carbocycles. The number of nitrogens with zero attached hydrogens (tertiary/aromatic N) is 2. The summed E-state index contributed by atoms with van der Waals surface area (Å²) in [7, 11) is 0. The Bertz CT molecular complexity index is 1370. The first-order valence-electron chi connectivity index (χ1n) is 9.75. The zero-order valence-electron chi connectivity index (χ0n) is 16.8. The summed E-state index contributed by atoms with van der Waals surface area (Å²) < 4.78 is 16.6. The molecule has 2 aromatic heterocycles. The van der Waals surface area contributed by atoms with Crippen LogP contribution in [0.3, 0.4) is 0 Å². The molecule has 6 nitrogen and oxygen atoms in total. The van der Waals surface area contributed by atoms with Crippen LogP contribution in [0.15, 0.2) is 69.6 Å². The van der Waals surface area contributed by atoms with E-state index in [-0.39, 0.29) is 18.6 Å². The van der Waals surface area contributed by atoms with Crippen molar-refractivity contribution in [3.8, 4) is 0 Å². The van der Waals surface area contributed by atoms with Crippen molar-refractivity contribution < 1.29 is 9.18 Å². The highest BCUT2D eigenvalue weighted by molar-refractivity contribution is 7.17. The second-order valence-electron chi connectivity index (χ2n) is 7.21. The number of hydrogen-bond acceptors (Lipinski definition) is 4. The molecule has 2 heterocycles. The predicted molar refractivity (Wildman–Crippen MR) is 120 cm³/mol. The van der Waals surface area contributed by atoms with Gasteiger partial charge in [0, 0.05) is 12.2 Å². The molecule has 31 heavy (non-hydrogen) atoms. The van der Waals surface area contributed by atoms with Crippen LogP contribution in [0.4, 0.5) is 10.1 Å². The lowest BCUT2D eigenvalue weighted by molar-refractivity contribution is -0.116. The first-order chi connectivity index (χ1) is 14.9. The minimum Gasteiger partial charge on any atom is -0.324 e. The van der Waals surface area contributed by atoms with E-state index in [0.717, 1.165) is 5.56 Å². The van der Waals surface area contributed by atoms with E-state index in [4.69, 9.17) is 0 Å². The Morgan fingerprint density at radius 1 is 1.06 bits per heavy atom. The summed E-state index contributed by atoms with van der Waals surface area (Å²) in [6.07, 6.45) is 0.516. The third kappa shape index (κ3) is 4.34. The number of amides is 1. The van der Waals surface area contributed by atoms with Crippen molar-refractivity contribution in [1.82, 2.24) is 9.13 Å². The van der Waals surface area contributed by atoms with E-state index < -0.39 is 17.4 Å². The van der Waals surface area contributed by atoms with Crippen molar-refractivity contribution in [3.63, 3.8) is 0 Å².